The molecule has 0 aliphatic heterocycles. The normalized spacial score (nSPS) is 9.78. The topological polar surface area (TPSA) is 60.2 Å². The molecule has 2 aromatic rings. The molecule has 4 heteroatoms. The Morgan fingerprint density at radius 2 is 1.56 bits per heavy atom. The molecule has 2 rings (SSSR count). The Morgan fingerprint density at radius 1 is 0.944 bits per heavy atom. The maximum absolute atomic E-state index is 11.1. The summed E-state index contributed by atoms with van der Waals surface area (Å²) in [6.45, 7) is 1.95. The van der Waals surface area contributed by atoms with Crippen molar-refractivity contribution in [3.8, 4) is 11.1 Å². The molecule has 0 aliphatic rings. The van der Waals surface area contributed by atoms with E-state index in [1.54, 1.807) is 6.07 Å². The lowest BCUT2D eigenvalue weighted by molar-refractivity contribution is 0.615. The van der Waals surface area contributed by atoms with Crippen LogP contribution in [-0.2, 0) is 10.7 Å². The fourth-order valence-electron chi connectivity index (χ4n) is 1.66. The maximum atomic E-state index is 11.1. The number of thiol groups is 1. The van der Waals surface area contributed by atoms with Gasteiger partial charge in [0, 0.05) is 5.56 Å². The molecule has 96 valence electrons. The highest BCUT2D eigenvalue weighted by Crippen LogP contribution is 2.25. The Balaban J connectivity index is 0.000000771. The van der Waals surface area contributed by atoms with Crippen LogP contribution in [0, 0.1) is 6.92 Å². The van der Waals surface area contributed by atoms with Gasteiger partial charge in [-0.2, -0.15) is 0 Å². The predicted molar refractivity (Wildman–Crippen MR) is 75.3 cm³/mol. The van der Waals surface area contributed by atoms with Gasteiger partial charge in [0.05, 0.1) is 4.90 Å². The van der Waals surface area contributed by atoms with Crippen molar-refractivity contribution in [2.24, 2.45) is 5.73 Å². The average Bonchev–Trinajstić information content (AvgIpc) is 2.41. The Bertz CT molecular complexity index is 570. The summed E-state index contributed by atoms with van der Waals surface area (Å²) in [6, 6.07) is 14.9. The molecule has 0 aromatic heterocycles. The first kappa shape index (κ1) is 14.4. The van der Waals surface area contributed by atoms with Gasteiger partial charge in [-0.15, -0.1) is 0 Å². The van der Waals surface area contributed by atoms with Crippen LogP contribution < -0.4 is 5.73 Å². The van der Waals surface area contributed by atoms with Crippen molar-refractivity contribution in [1.82, 2.24) is 0 Å². The largest absolute Gasteiger partial charge is 0.333 e. The van der Waals surface area contributed by atoms with E-state index in [4.69, 9.17) is 0 Å². The van der Waals surface area contributed by atoms with Gasteiger partial charge in [-0.25, -0.2) is 8.42 Å². The van der Waals surface area contributed by atoms with Crippen molar-refractivity contribution in [3.05, 3.63) is 54.1 Å². The number of benzene rings is 2. The summed E-state index contributed by atoms with van der Waals surface area (Å²) in [6.07, 6.45) is 0. The van der Waals surface area contributed by atoms with Crippen LogP contribution in [0.1, 0.15) is 5.56 Å². The van der Waals surface area contributed by atoms with Gasteiger partial charge in [0.15, 0.2) is 10.7 Å². The molecule has 3 nitrogen and oxygen atoms in total. The van der Waals surface area contributed by atoms with Crippen LogP contribution in [0.25, 0.3) is 11.1 Å². The molecule has 0 saturated carbocycles. The summed E-state index contributed by atoms with van der Waals surface area (Å²) in [5, 5.41) is 0. The number of nitrogens with two attached hydrogens (primary N) is 1. The van der Waals surface area contributed by atoms with Gasteiger partial charge in [-0.05, 0) is 25.6 Å². The molecule has 0 amide bonds. The van der Waals surface area contributed by atoms with Gasteiger partial charge < -0.3 is 5.73 Å². The van der Waals surface area contributed by atoms with Crippen molar-refractivity contribution < 1.29 is 8.42 Å². The Morgan fingerprint density at radius 3 is 2.11 bits per heavy atom. The van der Waals surface area contributed by atoms with E-state index in [1.165, 1.54) is 7.05 Å². The summed E-state index contributed by atoms with van der Waals surface area (Å²) in [5.74, 6) is 0. The SMILES string of the molecule is CN.Cc1ccc([SH](=O)=O)c(-c2ccccc2)c1. The maximum Gasteiger partial charge on any atom is 0.168 e. The van der Waals surface area contributed by atoms with Crippen LogP contribution in [0.2, 0.25) is 0 Å². The van der Waals surface area contributed by atoms with Gasteiger partial charge in [0.25, 0.3) is 0 Å². The molecule has 0 bridgehead atoms. The lowest BCUT2D eigenvalue weighted by Gasteiger charge is -2.05. The smallest absolute Gasteiger partial charge is 0.168 e. The molecular weight excluding hydrogens is 246 g/mol. The van der Waals surface area contributed by atoms with Gasteiger partial charge in [-0.1, -0.05) is 48.0 Å². The van der Waals surface area contributed by atoms with E-state index in [-0.39, 0.29) is 0 Å². The summed E-state index contributed by atoms with van der Waals surface area (Å²) in [5.41, 5.74) is 7.26. The van der Waals surface area contributed by atoms with Crippen LogP contribution >= 0.6 is 0 Å². The molecule has 2 aromatic carbocycles. The minimum atomic E-state index is -2.55. The second-order valence-corrected chi connectivity index (χ2v) is 4.64. The van der Waals surface area contributed by atoms with Crippen LogP contribution in [0.3, 0.4) is 0 Å². The predicted octanol–water partition coefficient (Wildman–Crippen LogP) is 2.21. The average molecular weight is 263 g/mol. The molecular formula is C14H17NO2S. The third-order valence-corrected chi connectivity index (χ3v) is 3.22. The highest BCUT2D eigenvalue weighted by Gasteiger charge is 2.06. The van der Waals surface area contributed by atoms with Crippen LogP contribution in [0.4, 0.5) is 0 Å². The standard InChI is InChI=1S/C13H12O2S.CH5N/c1-10-7-8-13(16(14)15)12(9-10)11-5-3-2-4-6-11;1-2/h2-9,16H,1H3;2H2,1H3. The van der Waals surface area contributed by atoms with Crippen molar-refractivity contribution in [3.63, 3.8) is 0 Å². The fraction of sp³-hybridized carbons (Fsp3) is 0.143. The van der Waals surface area contributed by atoms with Crippen LogP contribution in [0.15, 0.2) is 53.4 Å². The first-order valence-electron chi connectivity index (χ1n) is 5.56. The van der Waals surface area contributed by atoms with E-state index in [0.29, 0.717) is 4.90 Å². The van der Waals surface area contributed by atoms with E-state index in [9.17, 15) is 8.42 Å². The zero-order valence-electron chi connectivity index (χ0n) is 10.5. The Kier molecular flexibility index (Phi) is 5.55. The number of hydrogen-bond donors (Lipinski definition) is 2. The fourth-order valence-corrected chi connectivity index (χ4v) is 2.24. The van der Waals surface area contributed by atoms with E-state index in [2.05, 4.69) is 5.73 Å². The molecule has 0 saturated heterocycles. The second kappa shape index (κ2) is 6.93. The molecule has 0 atom stereocenters. The molecule has 0 spiro atoms. The molecule has 0 radical (unpaired) electrons. The summed E-state index contributed by atoms with van der Waals surface area (Å²) < 4.78 is 22.3. The lowest BCUT2D eigenvalue weighted by Crippen LogP contribution is -1.88. The number of rotatable bonds is 2. The molecule has 2 N–H and O–H groups in total. The molecule has 0 aliphatic carbocycles. The first-order valence-corrected chi connectivity index (χ1v) is 6.74. The molecule has 0 heterocycles. The third-order valence-electron chi connectivity index (χ3n) is 2.43. The lowest BCUT2D eigenvalue weighted by atomic mass is 10.0. The Hall–Kier alpha value is -1.65. The van der Waals surface area contributed by atoms with Crippen molar-refractivity contribution >= 4 is 10.7 Å². The third kappa shape index (κ3) is 3.42. The first-order chi connectivity index (χ1) is 8.68. The summed E-state index contributed by atoms with van der Waals surface area (Å²) >= 11 is 0. The van der Waals surface area contributed by atoms with Crippen LogP contribution in [-0.4, -0.2) is 15.5 Å². The molecule has 0 fully saturated rings. The zero-order chi connectivity index (χ0) is 13.5. The minimum Gasteiger partial charge on any atom is -0.333 e. The van der Waals surface area contributed by atoms with Gasteiger partial charge in [0.1, 0.15) is 0 Å². The number of hydrogen-bond acceptors (Lipinski definition) is 3. The second-order valence-electron chi connectivity index (χ2n) is 3.64. The molecule has 18 heavy (non-hydrogen) atoms. The monoisotopic (exact) mass is 263 g/mol. The highest BCUT2D eigenvalue weighted by molar-refractivity contribution is 7.72. The van der Waals surface area contributed by atoms with Crippen molar-refractivity contribution in [2.45, 2.75) is 11.8 Å². The number of aryl methyl sites for hydroxylation is 1. The summed E-state index contributed by atoms with van der Waals surface area (Å²) in [4.78, 5) is 0.381. The van der Waals surface area contributed by atoms with E-state index in [1.807, 2.05) is 49.4 Å². The van der Waals surface area contributed by atoms with Crippen molar-refractivity contribution in [2.75, 3.05) is 7.05 Å². The van der Waals surface area contributed by atoms with Gasteiger partial charge in [0.2, 0.25) is 0 Å². The van der Waals surface area contributed by atoms with Gasteiger partial charge in [-0.3, -0.25) is 0 Å². The minimum absolute atomic E-state index is 0.381. The zero-order valence-corrected chi connectivity index (χ0v) is 11.4. The quantitative estimate of drug-likeness (QED) is 0.817. The highest BCUT2D eigenvalue weighted by atomic mass is 32.2. The van der Waals surface area contributed by atoms with Crippen LogP contribution in [0.5, 0.6) is 0 Å². The molecule has 0 unspecified atom stereocenters. The Labute approximate surface area is 109 Å². The van der Waals surface area contributed by atoms with E-state index < -0.39 is 10.7 Å². The van der Waals surface area contributed by atoms with E-state index in [0.717, 1.165) is 16.7 Å². The van der Waals surface area contributed by atoms with Crippen molar-refractivity contribution in [1.29, 1.82) is 0 Å². The van der Waals surface area contributed by atoms with E-state index >= 15 is 0 Å². The summed E-state index contributed by atoms with van der Waals surface area (Å²) in [7, 11) is -1.05. The van der Waals surface area contributed by atoms with Gasteiger partial charge >= 0.3 is 0 Å².